The van der Waals surface area contributed by atoms with Crippen LogP contribution in [-0.4, -0.2) is 18.2 Å². The first kappa shape index (κ1) is 10.2. The molecule has 0 fully saturated rings. The lowest BCUT2D eigenvalue weighted by Crippen LogP contribution is -2.38. The third kappa shape index (κ3) is 2.09. The van der Waals surface area contributed by atoms with Gasteiger partial charge in [-0.15, -0.1) is 0 Å². The standard InChI is InChI=1S/C8H8F2N2O2/c1-12(11-8(13)14)6-4-2-3-5(9)7(6)10/h2-4,11H,1H3,(H,13,14). The van der Waals surface area contributed by atoms with Gasteiger partial charge in [0.05, 0.1) is 5.69 Å². The summed E-state index contributed by atoms with van der Waals surface area (Å²) in [4.78, 5) is 10.2. The lowest BCUT2D eigenvalue weighted by atomic mass is 10.3. The lowest BCUT2D eigenvalue weighted by molar-refractivity contribution is 0.194. The molecule has 0 radical (unpaired) electrons. The normalized spacial score (nSPS) is 9.64. The van der Waals surface area contributed by atoms with Crippen molar-refractivity contribution in [2.45, 2.75) is 0 Å². The number of halogens is 2. The fraction of sp³-hybridized carbons (Fsp3) is 0.125. The molecule has 0 saturated heterocycles. The van der Waals surface area contributed by atoms with Crippen molar-refractivity contribution in [3.05, 3.63) is 29.8 Å². The molecule has 1 rings (SSSR count). The maximum absolute atomic E-state index is 13.1. The zero-order chi connectivity index (χ0) is 10.7. The molecule has 2 N–H and O–H groups in total. The van der Waals surface area contributed by atoms with Crippen LogP contribution in [0.15, 0.2) is 18.2 Å². The largest absolute Gasteiger partial charge is 0.464 e. The number of hydrogen-bond donors (Lipinski definition) is 2. The molecule has 1 amide bonds. The maximum atomic E-state index is 13.1. The zero-order valence-corrected chi connectivity index (χ0v) is 7.29. The van der Waals surface area contributed by atoms with Gasteiger partial charge in [0.2, 0.25) is 0 Å². The third-order valence-electron chi connectivity index (χ3n) is 1.56. The number of amides is 1. The van der Waals surface area contributed by atoms with Crippen molar-refractivity contribution >= 4 is 11.8 Å². The number of nitrogens with one attached hydrogen (secondary N) is 1. The van der Waals surface area contributed by atoms with Gasteiger partial charge in [0.15, 0.2) is 11.6 Å². The topological polar surface area (TPSA) is 52.6 Å². The van der Waals surface area contributed by atoms with Crippen LogP contribution in [0.2, 0.25) is 0 Å². The third-order valence-corrected chi connectivity index (χ3v) is 1.56. The minimum Gasteiger partial charge on any atom is -0.464 e. The van der Waals surface area contributed by atoms with Gasteiger partial charge < -0.3 is 5.11 Å². The monoisotopic (exact) mass is 202 g/mol. The Balaban J connectivity index is 2.95. The van der Waals surface area contributed by atoms with Gasteiger partial charge in [-0.25, -0.2) is 19.0 Å². The predicted molar refractivity (Wildman–Crippen MR) is 45.9 cm³/mol. The molecule has 0 spiro atoms. The Morgan fingerprint density at radius 1 is 1.50 bits per heavy atom. The Bertz CT molecular complexity index is 357. The Labute approximate surface area is 78.7 Å². The first-order chi connectivity index (χ1) is 6.52. The maximum Gasteiger partial charge on any atom is 0.423 e. The summed E-state index contributed by atoms with van der Waals surface area (Å²) < 4.78 is 25.8. The van der Waals surface area contributed by atoms with Gasteiger partial charge in [-0.1, -0.05) is 6.07 Å². The molecule has 0 aliphatic heterocycles. The summed E-state index contributed by atoms with van der Waals surface area (Å²) in [7, 11) is 1.27. The number of anilines is 1. The average molecular weight is 202 g/mol. The molecule has 14 heavy (non-hydrogen) atoms. The van der Waals surface area contributed by atoms with Gasteiger partial charge >= 0.3 is 6.09 Å². The van der Waals surface area contributed by atoms with E-state index < -0.39 is 17.7 Å². The highest BCUT2D eigenvalue weighted by molar-refractivity contribution is 5.67. The number of carbonyl (C=O) groups is 1. The second-order valence-corrected chi connectivity index (χ2v) is 2.55. The summed E-state index contributed by atoms with van der Waals surface area (Å²) in [6.45, 7) is 0. The SMILES string of the molecule is CN(NC(=O)O)c1cccc(F)c1F. The summed E-state index contributed by atoms with van der Waals surface area (Å²) in [5.74, 6) is -2.12. The molecule has 76 valence electrons. The summed E-state index contributed by atoms with van der Waals surface area (Å²) in [5.41, 5.74) is 1.70. The van der Waals surface area contributed by atoms with E-state index in [0.717, 1.165) is 11.1 Å². The quantitative estimate of drug-likeness (QED) is 0.716. The van der Waals surface area contributed by atoms with Gasteiger partial charge in [0.1, 0.15) is 0 Å². The summed E-state index contributed by atoms with van der Waals surface area (Å²) in [6.07, 6.45) is -1.35. The molecule has 0 heterocycles. The van der Waals surface area contributed by atoms with Crippen molar-refractivity contribution in [1.29, 1.82) is 0 Å². The molecule has 1 aromatic rings. The van der Waals surface area contributed by atoms with Gasteiger partial charge in [-0.2, -0.15) is 0 Å². The molecule has 0 bridgehead atoms. The van der Waals surface area contributed by atoms with E-state index in [0.29, 0.717) is 0 Å². The molecule has 6 heteroatoms. The van der Waals surface area contributed by atoms with Gasteiger partial charge in [0, 0.05) is 7.05 Å². The Hall–Kier alpha value is -1.85. The number of hydrogen-bond acceptors (Lipinski definition) is 2. The van der Waals surface area contributed by atoms with Crippen LogP contribution in [0, 0.1) is 11.6 Å². The number of nitrogens with zero attached hydrogens (tertiary/aromatic N) is 1. The van der Waals surface area contributed by atoms with E-state index in [2.05, 4.69) is 0 Å². The van der Waals surface area contributed by atoms with E-state index in [1.54, 1.807) is 0 Å². The molecule has 0 atom stereocenters. The summed E-state index contributed by atoms with van der Waals surface area (Å²) in [5, 5.41) is 9.21. The van der Waals surface area contributed by atoms with E-state index in [4.69, 9.17) is 5.11 Å². The molecular formula is C8H8F2N2O2. The number of benzene rings is 1. The number of carboxylic acid groups (broad SMARTS) is 1. The van der Waals surface area contributed by atoms with E-state index in [9.17, 15) is 13.6 Å². The first-order valence-electron chi connectivity index (χ1n) is 3.69. The van der Waals surface area contributed by atoms with Crippen molar-refractivity contribution in [2.75, 3.05) is 12.1 Å². The average Bonchev–Trinajstić information content (AvgIpc) is 2.08. The lowest BCUT2D eigenvalue weighted by Gasteiger charge is -2.18. The highest BCUT2D eigenvalue weighted by atomic mass is 19.2. The van der Waals surface area contributed by atoms with Gasteiger partial charge in [0.25, 0.3) is 0 Å². The second-order valence-electron chi connectivity index (χ2n) is 2.55. The molecule has 0 aromatic heterocycles. The fourth-order valence-corrected chi connectivity index (χ4v) is 0.955. The van der Waals surface area contributed by atoms with Crippen LogP contribution in [0.3, 0.4) is 0 Å². The molecule has 0 aliphatic carbocycles. The van der Waals surface area contributed by atoms with E-state index in [-0.39, 0.29) is 5.69 Å². The van der Waals surface area contributed by atoms with E-state index in [1.807, 2.05) is 5.43 Å². The van der Waals surface area contributed by atoms with Crippen LogP contribution in [-0.2, 0) is 0 Å². The summed E-state index contributed by atoms with van der Waals surface area (Å²) in [6, 6.07) is 3.50. The first-order valence-corrected chi connectivity index (χ1v) is 3.69. The van der Waals surface area contributed by atoms with Crippen LogP contribution in [0.4, 0.5) is 19.3 Å². The van der Waals surface area contributed by atoms with Crippen molar-refractivity contribution in [3.63, 3.8) is 0 Å². The Morgan fingerprint density at radius 2 is 2.14 bits per heavy atom. The zero-order valence-electron chi connectivity index (χ0n) is 7.29. The molecule has 0 aliphatic rings. The Kier molecular flexibility index (Phi) is 2.85. The second kappa shape index (κ2) is 3.91. The van der Waals surface area contributed by atoms with E-state index in [1.165, 1.54) is 19.2 Å². The van der Waals surface area contributed by atoms with Crippen LogP contribution in [0.25, 0.3) is 0 Å². The van der Waals surface area contributed by atoms with Crippen LogP contribution in [0.1, 0.15) is 0 Å². The van der Waals surface area contributed by atoms with Crippen LogP contribution < -0.4 is 10.4 Å². The fourth-order valence-electron chi connectivity index (χ4n) is 0.955. The van der Waals surface area contributed by atoms with Crippen LogP contribution >= 0.6 is 0 Å². The van der Waals surface area contributed by atoms with Crippen molar-refractivity contribution in [3.8, 4) is 0 Å². The van der Waals surface area contributed by atoms with Crippen molar-refractivity contribution in [2.24, 2.45) is 0 Å². The van der Waals surface area contributed by atoms with Crippen molar-refractivity contribution in [1.82, 2.24) is 5.43 Å². The summed E-state index contributed by atoms with van der Waals surface area (Å²) >= 11 is 0. The van der Waals surface area contributed by atoms with E-state index >= 15 is 0 Å². The smallest absolute Gasteiger partial charge is 0.423 e. The van der Waals surface area contributed by atoms with Gasteiger partial charge in [-0.05, 0) is 12.1 Å². The molecule has 1 aromatic carbocycles. The minimum absolute atomic E-state index is 0.174. The molecular weight excluding hydrogens is 194 g/mol. The Morgan fingerprint density at radius 3 is 2.71 bits per heavy atom. The minimum atomic E-state index is -1.35. The highest BCUT2D eigenvalue weighted by Gasteiger charge is 2.12. The highest BCUT2D eigenvalue weighted by Crippen LogP contribution is 2.18. The van der Waals surface area contributed by atoms with Crippen molar-refractivity contribution < 1.29 is 18.7 Å². The molecule has 4 nitrogen and oxygen atoms in total. The predicted octanol–water partition coefficient (Wildman–Crippen LogP) is 1.58. The molecule has 0 unspecified atom stereocenters. The van der Waals surface area contributed by atoms with Gasteiger partial charge in [-0.3, -0.25) is 5.01 Å². The number of rotatable bonds is 2. The number of hydrazine groups is 1. The molecule has 0 saturated carbocycles. The van der Waals surface area contributed by atoms with Crippen LogP contribution in [0.5, 0.6) is 0 Å².